The summed E-state index contributed by atoms with van der Waals surface area (Å²) in [4.78, 5) is 29.6. The number of aromatic hydroxyl groups is 1. The number of carboxylic acids is 2. The molecule has 0 radical (unpaired) electrons. The van der Waals surface area contributed by atoms with Crippen molar-refractivity contribution in [3.63, 3.8) is 0 Å². The SMILES string of the molecule is Br.COc1ccc(C[C@@H](C)NC[C@H](O)c2ccc(O)c(NC=O)c2)cc1.O=C(O)/C=C/C(=O)O. The number of carboxylic acid groups (broad SMARTS) is 2. The number of rotatable bonds is 11. The standard InChI is InChI=1S/C19H24N2O4.C4H4O4.BrH/c1-13(9-14-3-6-16(25-2)7-4-14)20-11-19(24)15-5-8-18(23)17(10-15)21-12-22;5-3(6)1-2-4(7)8;/h3-8,10,12-13,19-20,23-24H,9,11H2,1-2H3,(H,21,22);1-2H,(H,5,6)(H,7,8);1H/b;2-1+;/t13-,19+;;/m1../s1. The molecule has 2 atom stereocenters. The predicted octanol–water partition coefficient (Wildman–Crippen LogP) is 2.51. The van der Waals surface area contributed by atoms with Gasteiger partial charge in [-0.1, -0.05) is 18.2 Å². The van der Waals surface area contributed by atoms with Crippen LogP contribution in [-0.2, 0) is 20.8 Å². The maximum absolute atomic E-state index is 10.5. The molecule has 0 aliphatic heterocycles. The highest BCUT2D eigenvalue weighted by Crippen LogP contribution is 2.26. The van der Waals surface area contributed by atoms with Crippen molar-refractivity contribution in [3.05, 3.63) is 65.7 Å². The summed E-state index contributed by atoms with van der Waals surface area (Å²) in [6, 6.07) is 12.7. The molecular weight excluding hydrogens is 512 g/mol. The quantitative estimate of drug-likeness (QED) is 0.142. The van der Waals surface area contributed by atoms with Crippen LogP contribution in [0.1, 0.15) is 24.2 Å². The minimum Gasteiger partial charge on any atom is -0.506 e. The van der Waals surface area contributed by atoms with Gasteiger partial charge in [-0.05, 0) is 48.7 Å². The first-order chi connectivity index (χ1) is 15.7. The normalized spacial score (nSPS) is 11.9. The number of carbonyl (C=O) groups is 3. The number of ether oxygens (including phenoxy) is 1. The second kappa shape index (κ2) is 16.2. The van der Waals surface area contributed by atoms with Gasteiger partial charge in [-0.15, -0.1) is 17.0 Å². The molecule has 0 unspecified atom stereocenters. The van der Waals surface area contributed by atoms with E-state index in [1.54, 1.807) is 19.2 Å². The van der Waals surface area contributed by atoms with Gasteiger partial charge in [0, 0.05) is 24.7 Å². The average molecular weight is 541 g/mol. The van der Waals surface area contributed by atoms with Crippen LogP contribution in [0.25, 0.3) is 0 Å². The summed E-state index contributed by atoms with van der Waals surface area (Å²) in [5.41, 5.74) is 2.07. The molecule has 2 rings (SSSR count). The van der Waals surface area contributed by atoms with Crippen LogP contribution in [0.2, 0.25) is 0 Å². The fourth-order valence-corrected chi connectivity index (χ4v) is 2.70. The van der Waals surface area contributed by atoms with Crippen molar-refractivity contribution < 1.29 is 39.5 Å². The average Bonchev–Trinajstić information content (AvgIpc) is 2.78. The number of methoxy groups -OCH3 is 1. The number of phenols is 1. The highest BCUT2D eigenvalue weighted by Gasteiger charge is 2.12. The van der Waals surface area contributed by atoms with E-state index >= 15 is 0 Å². The molecule has 186 valence electrons. The zero-order valence-electron chi connectivity index (χ0n) is 18.7. The molecule has 0 aliphatic rings. The maximum Gasteiger partial charge on any atom is 0.328 e. The predicted molar refractivity (Wildman–Crippen MR) is 132 cm³/mol. The van der Waals surface area contributed by atoms with Gasteiger partial charge in [0.05, 0.1) is 18.9 Å². The lowest BCUT2D eigenvalue weighted by molar-refractivity contribution is -0.134. The fraction of sp³-hybridized carbons (Fsp3) is 0.261. The van der Waals surface area contributed by atoms with Gasteiger partial charge in [0.1, 0.15) is 11.5 Å². The van der Waals surface area contributed by atoms with Crippen molar-refractivity contribution >= 4 is 41.0 Å². The maximum atomic E-state index is 10.5. The molecular formula is C23H29BrN2O8. The van der Waals surface area contributed by atoms with E-state index < -0.39 is 18.0 Å². The molecule has 2 aromatic carbocycles. The zero-order chi connectivity index (χ0) is 24.8. The van der Waals surface area contributed by atoms with Crippen LogP contribution in [0.4, 0.5) is 5.69 Å². The van der Waals surface area contributed by atoms with Crippen molar-refractivity contribution in [2.45, 2.75) is 25.5 Å². The van der Waals surface area contributed by atoms with Crippen LogP contribution in [0.3, 0.4) is 0 Å². The van der Waals surface area contributed by atoms with Crippen molar-refractivity contribution in [2.75, 3.05) is 19.0 Å². The van der Waals surface area contributed by atoms with E-state index in [4.69, 9.17) is 14.9 Å². The number of aliphatic hydroxyl groups is 1. The molecule has 0 bridgehead atoms. The zero-order valence-corrected chi connectivity index (χ0v) is 20.4. The minimum absolute atomic E-state index is 0. The number of hydrogen-bond acceptors (Lipinski definition) is 7. The Kier molecular flexibility index (Phi) is 14.6. The Morgan fingerprint density at radius 2 is 1.65 bits per heavy atom. The Hall–Kier alpha value is -3.41. The molecule has 0 aliphatic carbocycles. The van der Waals surface area contributed by atoms with Gasteiger partial charge < -0.3 is 35.8 Å². The Bertz CT molecular complexity index is 934. The third-order valence-corrected chi connectivity index (χ3v) is 4.35. The van der Waals surface area contributed by atoms with E-state index in [9.17, 15) is 24.6 Å². The minimum atomic E-state index is -1.26. The summed E-state index contributed by atoms with van der Waals surface area (Å²) in [6.45, 7) is 2.41. The third kappa shape index (κ3) is 12.0. The monoisotopic (exact) mass is 540 g/mol. The molecule has 0 saturated heterocycles. The first-order valence-electron chi connectivity index (χ1n) is 9.87. The van der Waals surface area contributed by atoms with Crippen LogP contribution in [0.5, 0.6) is 11.5 Å². The molecule has 0 fully saturated rings. The molecule has 11 heteroatoms. The van der Waals surface area contributed by atoms with E-state index in [0.29, 0.717) is 30.7 Å². The summed E-state index contributed by atoms with van der Waals surface area (Å²) >= 11 is 0. The number of aliphatic carboxylic acids is 2. The number of nitrogens with one attached hydrogen (secondary N) is 2. The number of halogens is 1. The number of anilines is 1. The summed E-state index contributed by atoms with van der Waals surface area (Å²) < 4.78 is 5.14. The van der Waals surface area contributed by atoms with Crippen molar-refractivity contribution in [1.29, 1.82) is 0 Å². The van der Waals surface area contributed by atoms with Gasteiger partial charge in [-0.3, -0.25) is 4.79 Å². The van der Waals surface area contributed by atoms with Crippen LogP contribution in [-0.4, -0.2) is 58.5 Å². The Morgan fingerprint density at radius 3 is 2.15 bits per heavy atom. The summed E-state index contributed by atoms with van der Waals surface area (Å²) in [5.74, 6) is -1.73. The van der Waals surface area contributed by atoms with Gasteiger partial charge >= 0.3 is 11.9 Å². The molecule has 6 N–H and O–H groups in total. The van der Waals surface area contributed by atoms with E-state index in [2.05, 4.69) is 10.6 Å². The third-order valence-electron chi connectivity index (χ3n) is 4.35. The van der Waals surface area contributed by atoms with Gasteiger partial charge in [0.15, 0.2) is 0 Å². The van der Waals surface area contributed by atoms with E-state index in [0.717, 1.165) is 12.2 Å². The van der Waals surface area contributed by atoms with Crippen LogP contribution in [0, 0.1) is 0 Å². The number of carbonyl (C=O) groups excluding carboxylic acids is 1. The second-order valence-corrected chi connectivity index (χ2v) is 6.93. The molecule has 10 nitrogen and oxygen atoms in total. The van der Waals surface area contributed by atoms with E-state index in [1.807, 2.05) is 31.2 Å². The second-order valence-electron chi connectivity index (χ2n) is 6.93. The highest BCUT2D eigenvalue weighted by atomic mass is 79.9. The smallest absolute Gasteiger partial charge is 0.328 e. The number of aliphatic hydroxyl groups excluding tert-OH is 1. The van der Waals surface area contributed by atoms with Gasteiger partial charge in [-0.2, -0.15) is 0 Å². The number of amides is 1. The van der Waals surface area contributed by atoms with Crippen LogP contribution >= 0.6 is 17.0 Å². The van der Waals surface area contributed by atoms with Crippen molar-refractivity contribution in [3.8, 4) is 11.5 Å². The van der Waals surface area contributed by atoms with Crippen molar-refractivity contribution in [2.24, 2.45) is 0 Å². The summed E-state index contributed by atoms with van der Waals surface area (Å²) in [7, 11) is 1.64. The molecule has 0 aromatic heterocycles. The molecule has 0 spiro atoms. The fourth-order valence-electron chi connectivity index (χ4n) is 2.70. The summed E-state index contributed by atoms with van der Waals surface area (Å²) in [6.07, 6.45) is 1.68. The largest absolute Gasteiger partial charge is 0.506 e. The number of hydrogen-bond donors (Lipinski definition) is 6. The lowest BCUT2D eigenvalue weighted by Crippen LogP contribution is -2.32. The number of phenolic OH excluding ortho intramolecular Hbond substituents is 1. The van der Waals surface area contributed by atoms with Gasteiger partial charge in [0.25, 0.3) is 0 Å². The van der Waals surface area contributed by atoms with E-state index in [1.165, 1.54) is 11.6 Å². The first-order valence-corrected chi connectivity index (χ1v) is 9.87. The summed E-state index contributed by atoms with van der Waals surface area (Å²) in [5, 5.41) is 41.3. The lowest BCUT2D eigenvalue weighted by atomic mass is 10.1. The van der Waals surface area contributed by atoms with Crippen LogP contribution < -0.4 is 15.4 Å². The van der Waals surface area contributed by atoms with Gasteiger partial charge in [-0.25, -0.2) is 9.59 Å². The van der Waals surface area contributed by atoms with Gasteiger partial charge in [0.2, 0.25) is 6.41 Å². The van der Waals surface area contributed by atoms with Crippen molar-refractivity contribution in [1.82, 2.24) is 5.32 Å². The molecule has 34 heavy (non-hydrogen) atoms. The van der Waals surface area contributed by atoms with Crippen LogP contribution in [0.15, 0.2) is 54.6 Å². The molecule has 2 aromatic rings. The first kappa shape index (κ1) is 30.6. The number of benzene rings is 2. The van der Waals surface area contributed by atoms with E-state index in [-0.39, 0.29) is 34.5 Å². The topological polar surface area (TPSA) is 165 Å². The Balaban J connectivity index is 0.00000104. The Labute approximate surface area is 207 Å². The molecule has 0 heterocycles. The Morgan fingerprint density at radius 1 is 1.06 bits per heavy atom. The lowest BCUT2D eigenvalue weighted by Gasteiger charge is -2.18. The highest BCUT2D eigenvalue weighted by molar-refractivity contribution is 8.93. The molecule has 0 saturated carbocycles. The molecule has 1 amide bonds.